The van der Waals surface area contributed by atoms with Crippen molar-refractivity contribution < 1.29 is 38.2 Å². The van der Waals surface area contributed by atoms with E-state index in [1.54, 1.807) is 27.7 Å². The molecular weight excluding hydrogens is 376 g/mol. The van der Waals surface area contributed by atoms with Crippen LogP contribution < -0.4 is 21.3 Å². The van der Waals surface area contributed by atoms with Gasteiger partial charge in [0.25, 0.3) is 11.8 Å². The van der Waals surface area contributed by atoms with Crippen molar-refractivity contribution in [1.29, 1.82) is 0 Å². The third-order valence-electron chi connectivity index (χ3n) is 2.39. The fourth-order valence-electron chi connectivity index (χ4n) is 1.43. The molecule has 0 saturated carbocycles. The molecule has 0 aliphatic heterocycles. The summed E-state index contributed by atoms with van der Waals surface area (Å²) in [6.45, 7) is 5.29. The van der Waals surface area contributed by atoms with E-state index in [0.717, 1.165) is 0 Å². The summed E-state index contributed by atoms with van der Waals surface area (Å²) in [5, 5.41) is 8.67. The van der Waals surface area contributed by atoms with Gasteiger partial charge in [-0.05, 0) is 27.7 Å². The van der Waals surface area contributed by atoms with Crippen LogP contribution in [0, 0.1) is 0 Å². The van der Waals surface area contributed by atoms with E-state index >= 15 is 0 Å². The first-order valence-electron chi connectivity index (χ1n) is 8.21. The van der Waals surface area contributed by atoms with Crippen molar-refractivity contribution in [2.45, 2.75) is 39.8 Å². The molecule has 0 rings (SSSR count). The lowest BCUT2D eigenvalue weighted by atomic mass is 10.4. The van der Waals surface area contributed by atoms with Crippen LogP contribution in [0.25, 0.3) is 0 Å². The van der Waals surface area contributed by atoms with E-state index < -0.39 is 49.0 Å². The lowest BCUT2D eigenvalue weighted by Crippen LogP contribution is -2.44. The van der Waals surface area contributed by atoms with Gasteiger partial charge >= 0.3 is 24.0 Å². The monoisotopic (exact) mass is 400 g/mol. The van der Waals surface area contributed by atoms with Crippen molar-refractivity contribution in [3.05, 3.63) is 12.2 Å². The standard InChI is InChI=1S/C16H24N4O8/c1-9(2)17-15(25)19-11(21)7-27-13(23)5-6-14(24)28-8-12(22)20-16(26)18-10(3)4/h5-6,9-10H,7-8H2,1-4H3,(H2,17,19,21,25)(H2,18,20,22,26)/b6-5+. The summed E-state index contributed by atoms with van der Waals surface area (Å²) in [5.41, 5.74) is 0. The molecule has 0 heterocycles. The number of imide groups is 2. The second-order valence-corrected chi connectivity index (χ2v) is 5.90. The van der Waals surface area contributed by atoms with Crippen molar-refractivity contribution >= 4 is 35.8 Å². The first-order chi connectivity index (χ1) is 13.0. The van der Waals surface area contributed by atoms with Gasteiger partial charge in [0.2, 0.25) is 0 Å². The molecule has 156 valence electrons. The molecule has 0 aliphatic rings. The van der Waals surface area contributed by atoms with Gasteiger partial charge in [0.1, 0.15) is 0 Å². The minimum absolute atomic E-state index is 0.184. The van der Waals surface area contributed by atoms with E-state index in [0.29, 0.717) is 12.2 Å². The number of ether oxygens (including phenoxy) is 2. The van der Waals surface area contributed by atoms with Crippen molar-refractivity contribution in [3.63, 3.8) is 0 Å². The van der Waals surface area contributed by atoms with Gasteiger partial charge < -0.3 is 20.1 Å². The Balaban J connectivity index is 4.11. The highest BCUT2D eigenvalue weighted by Gasteiger charge is 2.12. The van der Waals surface area contributed by atoms with Crippen molar-refractivity contribution in [1.82, 2.24) is 21.3 Å². The smallest absolute Gasteiger partial charge is 0.331 e. The number of hydrogen-bond donors (Lipinski definition) is 4. The van der Waals surface area contributed by atoms with Gasteiger partial charge in [0.15, 0.2) is 13.2 Å². The number of nitrogens with one attached hydrogen (secondary N) is 4. The zero-order valence-corrected chi connectivity index (χ0v) is 16.0. The van der Waals surface area contributed by atoms with Crippen LogP contribution in [0.5, 0.6) is 0 Å². The van der Waals surface area contributed by atoms with E-state index in [9.17, 15) is 28.8 Å². The van der Waals surface area contributed by atoms with Crippen LogP contribution in [0.15, 0.2) is 12.2 Å². The zero-order chi connectivity index (χ0) is 21.7. The predicted octanol–water partition coefficient (Wildman–Crippen LogP) is -0.903. The Bertz CT molecular complexity index is 589. The van der Waals surface area contributed by atoms with Gasteiger partial charge in [-0.2, -0.15) is 0 Å². The first kappa shape index (κ1) is 24.6. The fraction of sp³-hybridized carbons (Fsp3) is 0.500. The summed E-state index contributed by atoms with van der Waals surface area (Å²) < 4.78 is 9.03. The van der Waals surface area contributed by atoms with Crippen LogP contribution in [0.2, 0.25) is 0 Å². The second kappa shape index (κ2) is 12.8. The van der Waals surface area contributed by atoms with Crippen LogP contribution in [-0.4, -0.2) is 61.1 Å². The molecular formula is C16H24N4O8. The number of rotatable bonds is 8. The Morgan fingerprint density at radius 2 is 1.00 bits per heavy atom. The quantitative estimate of drug-likeness (QED) is 0.300. The lowest BCUT2D eigenvalue weighted by Gasteiger charge is -2.09. The highest BCUT2D eigenvalue weighted by molar-refractivity contribution is 5.98. The molecule has 0 aliphatic carbocycles. The Hall–Kier alpha value is -3.44. The number of urea groups is 2. The average molecular weight is 400 g/mol. The zero-order valence-electron chi connectivity index (χ0n) is 16.0. The molecule has 0 atom stereocenters. The molecule has 4 N–H and O–H groups in total. The summed E-state index contributed by atoms with van der Waals surface area (Å²) >= 11 is 0. The Kier molecular flexibility index (Phi) is 11.3. The number of carbonyl (C=O) groups excluding carboxylic acids is 6. The van der Waals surface area contributed by atoms with Crippen molar-refractivity contribution in [2.75, 3.05) is 13.2 Å². The maximum atomic E-state index is 11.4. The van der Waals surface area contributed by atoms with Crippen LogP contribution >= 0.6 is 0 Å². The van der Waals surface area contributed by atoms with Gasteiger partial charge in [-0.3, -0.25) is 20.2 Å². The third kappa shape index (κ3) is 13.8. The first-order valence-corrected chi connectivity index (χ1v) is 8.21. The molecule has 0 saturated heterocycles. The van der Waals surface area contributed by atoms with Crippen LogP contribution in [0.3, 0.4) is 0 Å². The summed E-state index contributed by atoms with van der Waals surface area (Å²) in [7, 11) is 0. The van der Waals surface area contributed by atoms with Crippen molar-refractivity contribution in [2.24, 2.45) is 0 Å². The van der Waals surface area contributed by atoms with Crippen LogP contribution in [-0.2, 0) is 28.7 Å². The van der Waals surface area contributed by atoms with E-state index in [4.69, 9.17) is 0 Å². The topological polar surface area (TPSA) is 169 Å². The molecule has 0 spiro atoms. The van der Waals surface area contributed by atoms with Crippen LogP contribution in [0.1, 0.15) is 27.7 Å². The minimum Gasteiger partial charge on any atom is -0.452 e. The molecule has 12 heteroatoms. The largest absolute Gasteiger partial charge is 0.452 e. The van der Waals surface area contributed by atoms with E-state index in [2.05, 4.69) is 20.1 Å². The van der Waals surface area contributed by atoms with Gasteiger partial charge in [0, 0.05) is 24.2 Å². The molecule has 28 heavy (non-hydrogen) atoms. The number of carbonyl (C=O) groups is 6. The third-order valence-corrected chi connectivity index (χ3v) is 2.39. The number of amides is 6. The predicted molar refractivity (Wildman–Crippen MR) is 94.7 cm³/mol. The highest BCUT2D eigenvalue weighted by atomic mass is 16.5. The minimum atomic E-state index is -1.04. The SMILES string of the molecule is CC(C)NC(=O)NC(=O)COC(=O)/C=C/C(=O)OCC(=O)NC(=O)NC(C)C. The normalized spacial score (nSPS) is 10.4. The molecule has 0 aromatic rings. The highest BCUT2D eigenvalue weighted by Crippen LogP contribution is 1.87. The molecule has 0 aromatic heterocycles. The van der Waals surface area contributed by atoms with E-state index in [1.807, 2.05) is 10.6 Å². The Morgan fingerprint density at radius 1 is 0.679 bits per heavy atom. The second-order valence-electron chi connectivity index (χ2n) is 5.90. The van der Waals surface area contributed by atoms with E-state index in [1.165, 1.54) is 0 Å². The molecule has 0 bridgehead atoms. The molecule has 12 nitrogen and oxygen atoms in total. The maximum absolute atomic E-state index is 11.4. The Labute approximate surface area is 161 Å². The molecule has 0 aromatic carbocycles. The lowest BCUT2D eigenvalue weighted by molar-refractivity contribution is -0.145. The fourth-order valence-corrected chi connectivity index (χ4v) is 1.43. The number of esters is 2. The summed E-state index contributed by atoms with van der Waals surface area (Å²) in [6.07, 6.45) is 1.35. The number of hydrogen-bond acceptors (Lipinski definition) is 8. The summed E-state index contributed by atoms with van der Waals surface area (Å²) in [5.74, 6) is -3.81. The molecule has 0 fully saturated rings. The molecule has 0 radical (unpaired) electrons. The summed E-state index contributed by atoms with van der Waals surface area (Å²) in [4.78, 5) is 68.0. The average Bonchev–Trinajstić information content (AvgIpc) is 2.54. The molecule has 6 amide bonds. The van der Waals surface area contributed by atoms with Gasteiger partial charge in [-0.25, -0.2) is 19.2 Å². The Morgan fingerprint density at radius 3 is 1.29 bits per heavy atom. The van der Waals surface area contributed by atoms with E-state index in [-0.39, 0.29) is 12.1 Å². The van der Waals surface area contributed by atoms with Crippen LogP contribution in [0.4, 0.5) is 9.59 Å². The van der Waals surface area contributed by atoms with Crippen molar-refractivity contribution in [3.8, 4) is 0 Å². The summed E-state index contributed by atoms with van der Waals surface area (Å²) in [6, 6.07) is -1.85. The maximum Gasteiger partial charge on any atom is 0.331 e. The molecule has 0 unspecified atom stereocenters. The van der Waals surface area contributed by atoms with Gasteiger partial charge in [0.05, 0.1) is 0 Å². The van der Waals surface area contributed by atoms with Gasteiger partial charge in [-0.1, -0.05) is 0 Å². The van der Waals surface area contributed by atoms with Gasteiger partial charge in [-0.15, -0.1) is 0 Å².